The van der Waals surface area contributed by atoms with Gasteiger partial charge in [-0.05, 0) is 24.3 Å². The second-order valence-electron chi connectivity index (χ2n) is 4.37. The summed E-state index contributed by atoms with van der Waals surface area (Å²) in [5.41, 5.74) is 0.280. The van der Waals surface area contributed by atoms with Gasteiger partial charge in [0.25, 0.3) is 5.91 Å². The van der Waals surface area contributed by atoms with Crippen molar-refractivity contribution in [2.75, 3.05) is 13.2 Å². The molecule has 0 aliphatic rings. The van der Waals surface area contributed by atoms with Crippen molar-refractivity contribution in [2.45, 2.75) is 12.8 Å². The van der Waals surface area contributed by atoms with Gasteiger partial charge in [0.2, 0.25) is 0 Å². The van der Waals surface area contributed by atoms with Crippen molar-refractivity contribution >= 4 is 16.7 Å². The van der Waals surface area contributed by atoms with Gasteiger partial charge in [-0.3, -0.25) is 4.79 Å². The molecule has 2 rings (SSSR count). The largest absolute Gasteiger partial charge is 0.506 e. The van der Waals surface area contributed by atoms with Gasteiger partial charge in [0.05, 0.1) is 5.56 Å². The lowest BCUT2D eigenvalue weighted by Gasteiger charge is -2.08. The molecule has 100 valence electrons. The number of aliphatic hydroxyl groups excluding tert-OH is 1. The summed E-state index contributed by atoms with van der Waals surface area (Å²) in [6, 6.07) is 10.8. The zero-order chi connectivity index (χ0) is 13.7. The van der Waals surface area contributed by atoms with Crippen molar-refractivity contribution in [3.8, 4) is 5.75 Å². The second kappa shape index (κ2) is 6.20. The highest BCUT2D eigenvalue weighted by Gasteiger charge is 2.12. The van der Waals surface area contributed by atoms with E-state index in [1.165, 1.54) is 0 Å². The first kappa shape index (κ1) is 13.4. The molecule has 0 bridgehead atoms. The number of fused-ring (bicyclic) bond motifs is 1. The van der Waals surface area contributed by atoms with Crippen LogP contribution in [0.5, 0.6) is 5.75 Å². The van der Waals surface area contributed by atoms with Crippen LogP contribution >= 0.6 is 0 Å². The van der Waals surface area contributed by atoms with Crippen LogP contribution in [0.15, 0.2) is 36.4 Å². The maximum atomic E-state index is 11.9. The Morgan fingerprint density at radius 2 is 1.89 bits per heavy atom. The first-order valence-electron chi connectivity index (χ1n) is 6.34. The summed E-state index contributed by atoms with van der Waals surface area (Å²) in [6.45, 7) is 0.614. The molecule has 0 fully saturated rings. The van der Waals surface area contributed by atoms with E-state index in [9.17, 15) is 9.90 Å². The molecule has 0 atom stereocenters. The van der Waals surface area contributed by atoms with E-state index in [1.807, 2.05) is 24.3 Å². The molecule has 19 heavy (non-hydrogen) atoms. The molecule has 0 aromatic heterocycles. The van der Waals surface area contributed by atoms with Gasteiger partial charge >= 0.3 is 0 Å². The number of aromatic hydroxyl groups is 1. The molecule has 0 unspecified atom stereocenters. The number of rotatable bonds is 5. The van der Waals surface area contributed by atoms with E-state index in [1.54, 1.807) is 12.1 Å². The van der Waals surface area contributed by atoms with E-state index in [2.05, 4.69) is 5.32 Å². The van der Waals surface area contributed by atoms with Crippen LogP contribution < -0.4 is 5.32 Å². The summed E-state index contributed by atoms with van der Waals surface area (Å²) in [6.07, 6.45) is 1.38. The van der Waals surface area contributed by atoms with Crippen LogP contribution in [-0.4, -0.2) is 29.3 Å². The van der Waals surface area contributed by atoms with Gasteiger partial charge < -0.3 is 15.5 Å². The topological polar surface area (TPSA) is 69.6 Å². The lowest BCUT2D eigenvalue weighted by molar-refractivity contribution is 0.0949. The molecule has 2 aromatic rings. The molecule has 4 heteroatoms. The Balaban J connectivity index is 2.16. The molecule has 1 amide bonds. The molecule has 0 aliphatic heterocycles. The monoisotopic (exact) mass is 259 g/mol. The predicted molar refractivity (Wildman–Crippen MR) is 74.3 cm³/mol. The smallest absolute Gasteiger partial charge is 0.255 e. The van der Waals surface area contributed by atoms with Crippen molar-refractivity contribution in [2.24, 2.45) is 0 Å². The fourth-order valence-corrected chi connectivity index (χ4v) is 1.97. The van der Waals surface area contributed by atoms with E-state index in [4.69, 9.17) is 5.11 Å². The van der Waals surface area contributed by atoms with E-state index in [0.29, 0.717) is 18.4 Å². The number of phenolic OH excluding ortho intramolecular Hbond substituents is 1. The number of unbranched alkanes of at least 4 members (excludes halogenated alkanes) is 1. The van der Waals surface area contributed by atoms with Crippen LogP contribution in [0.1, 0.15) is 23.2 Å². The number of carbonyl (C=O) groups excluding carboxylic acids is 1. The van der Waals surface area contributed by atoms with Crippen molar-refractivity contribution in [3.63, 3.8) is 0 Å². The maximum absolute atomic E-state index is 11.9. The van der Waals surface area contributed by atoms with Gasteiger partial charge in [-0.25, -0.2) is 0 Å². The van der Waals surface area contributed by atoms with Gasteiger partial charge in [0, 0.05) is 18.5 Å². The first-order valence-corrected chi connectivity index (χ1v) is 6.34. The molecule has 0 heterocycles. The molecule has 2 aromatic carbocycles. The number of benzene rings is 2. The standard InChI is InChI=1S/C15H17NO3/c17-10-4-3-9-16-15(19)13-8-7-11-5-1-2-6-12(11)14(13)18/h1-2,5-8,17-18H,3-4,9-10H2,(H,16,19). The van der Waals surface area contributed by atoms with E-state index >= 15 is 0 Å². The Kier molecular flexibility index (Phi) is 4.36. The number of hydrogen-bond donors (Lipinski definition) is 3. The highest BCUT2D eigenvalue weighted by atomic mass is 16.3. The summed E-state index contributed by atoms with van der Waals surface area (Å²) < 4.78 is 0. The predicted octanol–water partition coefficient (Wildman–Crippen LogP) is 2.05. The highest BCUT2D eigenvalue weighted by Crippen LogP contribution is 2.28. The first-order chi connectivity index (χ1) is 9.24. The van der Waals surface area contributed by atoms with Crippen LogP contribution in [-0.2, 0) is 0 Å². The Morgan fingerprint density at radius 1 is 1.11 bits per heavy atom. The Hall–Kier alpha value is -2.07. The molecule has 0 saturated heterocycles. The van der Waals surface area contributed by atoms with Crippen LogP contribution in [0.3, 0.4) is 0 Å². The molecule has 0 radical (unpaired) electrons. The summed E-state index contributed by atoms with van der Waals surface area (Å²) in [7, 11) is 0. The SMILES string of the molecule is O=C(NCCCCO)c1ccc2ccccc2c1O. The number of phenols is 1. The third-order valence-corrected chi connectivity index (χ3v) is 3.02. The van der Waals surface area contributed by atoms with Crippen LogP contribution in [0, 0.1) is 0 Å². The normalized spacial score (nSPS) is 10.6. The van der Waals surface area contributed by atoms with Gasteiger partial charge in [0.15, 0.2) is 0 Å². The molecule has 4 nitrogen and oxygen atoms in total. The van der Waals surface area contributed by atoms with Gasteiger partial charge in [-0.2, -0.15) is 0 Å². The third-order valence-electron chi connectivity index (χ3n) is 3.02. The fraction of sp³-hybridized carbons (Fsp3) is 0.267. The average molecular weight is 259 g/mol. The highest BCUT2D eigenvalue weighted by molar-refractivity contribution is 6.03. The lowest BCUT2D eigenvalue weighted by Crippen LogP contribution is -2.24. The second-order valence-corrected chi connectivity index (χ2v) is 4.37. The fourth-order valence-electron chi connectivity index (χ4n) is 1.97. The van der Waals surface area contributed by atoms with Gasteiger partial charge in [0.1, 0.15) is 5.75 Å². The molecule has 0 saturated carbocycles. The molecule has 0 aliphatic carbocycles. The number of amides is 1. The third kappa shape index (κ3) is 3.03. The number of nitrogens with one attached hydrogen (secondary N) is 1. The lowest BCUT2D eigenvalue weighted by atomic mass is 10.0. The number of aliphatic hydroxyl groups is 1. The maximum Gasteiger partial charge on any atom is 0.255 e. The van der Waals surface area contributed by atoms with Crippen LogP contribution in [0.25, 0.3) is 10.8 Å². The summed E-state index contributed by atoms with van der Waals surface area (Å²) >= 11 is 0. The van der Waals surface area contributed by atoms with Crippen molar-refractivity contribution in [3.05, 3.63) is 42.0 Å². The van der Waals surface area contributed by atoms with E-state index in [-0.39, 0.29) is 23.8 Å². The van der Waals surface area contributed by atoms with E-state index in [0.717, 1.165) is 11.8 Å². The Labute approximate surface area is 111 Å². The Bertz CT molecular complexity index is 581. The van der Waals surface area contributed by atoms with Crippen LogP contribution in [0.2, 0.25) is 0 Å². The minimum atomic E-state index is -0.291. The van der Waals surface area contributed by atoms with E-state index < -0.39 is 0 Å². The zero-order valence-corrected chi connectivity index (χ0v) is 10.6. The molecular weight excluding hydrogens is 242 g/mol. The minimum Gasteiger partial charge on any atom is -0.506 e. The Morgan fingerprint density at radius 3 is 2.68 bits per heavy atom. The van der Waals surface area contributed by atoms with Crippen LogP contribution in [0.4, 0.5) is 0 Å². The molecular formula is C15H17NO3. The zero-order valence-electron chi connectivity index (χ0n) is 10.6. The average Bonchev–Trinajstić information content (AvgIpc) is 2.44. The molecule has 0 spiro atoms. The number of carbonyl (C=O) groups is 1. The quantitative estimate of drug-likeness (QED) is 0.720. The van der Waals surface area contributed by atoms with Gasteiger partial charge in [-0.15, -0.1) is 0 Å². The summed E-state index contributed by atoms with van der Waals surface area (Å²) in [5.74, 6) is -0.279. The molecule has 3 N–H and O–H groups in total. The van der Waals surface area contributed by atoms with Crippen molar-refractivity contribution in [1.29, 1.82) is 0 Å². The summed E-state index contributed by atoms with van der Waals surface area (Å²) in [5, 5.41) is 23.1. The number of hydrogen-bond acceptors (Lipinski definition) is 3. The van der Waals surface area contributed by atoms with Crippen molar-refractivity contribution < 1.29 is 15.0 Å². The van der Waals surface area contributed by atoms with Crippen molar-refractivity contribution in [1.82, 2.24) is 5.32 Å². The van der Waals surface area contributed by atoms with Gasteiger partial charge in [-0.1, -0.05) is 30.3 Å². The minimum absolute atomic E-state index is 0.0118. The summed E-state index contributed by atoms with van der Waals surface area (Å²) in [4.78, 5) is 11.9.